The lowest BCUT2D eigenvalue weighted by molar-refractivity contribution is -0.119. The Morgan fingerprint density at radius 3 is 3.12 bits per heavy atom. The highest BCUT2D eigenvalue weighted by atomic mass is 79.9. The van der Waals surface area contributed by atoms with Crippen LogP contribution in [0.1, 0.15) is 29.9 Å². The number of benzene rings is 1. The van der Waals surface area contributed by atoms with Crippen molar-refractivity contribution in [2.75, 3.05) is 16.8 Å². The molecule has 0 bridgehead atoms. The molecule has 0 saturated carbocycles. The second-order valence-electron chi connectivity index (χ2n) is 4.47. The Kier molecular flexibility index (Phi) is 2.51. The first-order valence-corrected chi connectivity index (χ1v) is 6.94. The van der Waals surface area contributed by atoms with E-state index in [9.17, 15) is 4.79 Å². The molecule has 1 unspecified atom stereocenters. The van der Waals surface area contributed by atoms with Gasteiger partial charge in [0.05, 0.1) is 5.92 Å². The summed E-state index contributed by atoms with van der Waals surface area (Å²) in [5.74, 6) is 0.459. The minimum absolute atomic E-state index is 0.152. The van der Waals surface area contributed by atoms with E-state index in [4.69, 9.17) is 0 Å². The predicted molar refractivity (Wildman–Crippen MR) is 68.3 cm³/mol. The maximum absolute atomic E-state index is 12.3. The van der Waals surface area contributed by atoms with Crippen LogP contribution in [-0.2, 0) is 11.2 Å². The molecule has 1 aromatic rings. The summed E-state index contributed by atoms with van der Waals surface area (Å²) < 4.78 is 0. The van der Waals surface area contributed by atoms with E-state index in [0.29, 0.717) is 5.91 Å². The number of halogens is 1. The number of carbonyl (C=O) groups excluding carboxylic acids is 1. The molecule has 2 nitrogen and oxygen atoms in total. The van der Waals surface area contributed by atoms with E-state index in [1.807, 2.05) is 4.90 Å². The van der Waals surface area contributed by atoms with Gasteiger partial charge in [-0.25, -0.2) is 0 Å². The largest absolute Gasteiger partial charge is 0.311 e. The summed E-state index contributed by atoms with van der Waals surface area (Å²) in [5.41, 5.74) is 3.87. The summed E-state index contributed by atoms with van der Waals surface area (Å²) in [6.45, 7) is 0.784. The zero-order valence-corrected chi connectivity index (χ0v) is 10.7. The third kappa shape index (κ3) is 1.34. The molecule has 1 amide bonds. The molecule has 2 aliphatic rings. The topological polar surface area (TPSA) is 20.3 Å². The number of hydrogen-bond donors (Lipinski definition) is 0. The molecule has 0 radical (unpaired) electrons. The average Bonchev–Trinajstić information content (AvgIpc) is 2.58. The van der Waals surface area contributed by atoms with Crippen molar-refractivity contribution < 1.29 is 4.79 Å². The van der Waals surface area contributed by atoms with Crippen molar-refractivity contribution in [3.8, 4) is 0 Å². The highest BCUT2D eigenvalue weighted by Gasteiger charge is 2.39. The molecule has 1 aliphatic carbocycles. The van der Waals surface area contributed by atoms with Crippen molar-refractivity contribution in [2.24, 2.45) is 0 Å². The summed E-state index contributed by atoms with van der Waals surface area (Å²) in [6, 6.07) is 6.34. The monoisotopic (exact) mass is 279 g/mol. The quantitative estimate of drug-likeness (QED) is 0.763. The van der Waals surface area contributed by atoms with Crippen LogP contribution < -0.4 is 4.90 Å². The van der Waals surface area contributed by atoms with Crippen LogP contribution in [0.3, 0.4) is 0 Å². The van der Waals surface area contributed by atoms with Gasteiger partial charge in [0.2, 0.25) is 5.91 Å². The van der Waals surface area contributed by atoms with Gasteiger partial charge in [0, 0.05) is 17.6 Å². The van der Waals surface area contributed by atoms with Gasteiger partial charge in [0.25, 0.3) is 0 Å². The first-order valence-electron chi connectivity index (χ1n) is 5.82. The molecular formula is C13H14BrNO. The lowest BCUT2D eigenvalue weighted by atomic mass is 9.84. The fourth-order valence-electron chi connectivity index (χ4n) is 2.97. The van der Waals surface area contributed by atoms with Gasteiger partial charge in [-0.3, -0.25) is 4.79 Å². The second kappa shape index (κ2) is 3.88. The van der Waals surface area contributed by atoms with Crippen molar-refractivity contribution in [2.45, 2.75) is 25.2 Å². The van der Waals surface area contributed by atoms with Crippen LogP contribution in [0.25, 0.3) is 0 Å². The van der Waals surface area contributed by atoms with E-state index in [-0.39, 0.29) is 5.92 Å². The molecule has 0 saturated heterocycles. The molecule has 1 aliphatic heterocycles. The number of amides is 1. The average molecular weight is 280 g/mol. The minimum atomic E-state index is 0.152. The number of alkyl halides is 1. The first kappa shape index (κ1) is 10.3. The summed E-state index contributed by atoms with van der Waals surface area (Å²) in [4.78, 5) is 14.2. The first-order chi connectivity index (χ1) is 7.83. The fourth-order valence-corrected chi connectivity index (χ4v) is 3.32. The molecule has 1 aromatic carbocycles. The SMILES string of the molecule is O=C1C2CCCc3cccc(c32)N1CCBr. The van der Waals surface area contributed by atoms with Crippen LogP contribution in [0.5, 0.6) is 0 Å². The molecule has 0 N–H and O–H groups in total. The smallest absolute Gasteiger partial charge is 0.234 e. The van der Waals surface area contributed by atoms with Crippen LogP contribution in [0.15, 0.2) is 18.2 Å². The molecular weight excluding hydrogens is 266 g/mol. The van der Waals surface area contributed by atoms with Gasteiger partial charge in [0.15, 0.2) is 0 Å². The van der Waals surface area contributed by atoms with E-state index in [2.05, 4.69) is 34.1 Å². The summed E-state index contributed by atoms with van der Waals surface area (Å²) in [6.07, 6.45) is 3.31. The Bertz CT molecular complexity index is 444. The van der Waals surface area contributed by atoms with E-state index >= 15 is 0 Å². The van der Waals surface area contributed by atoms with Crippen molar-refractivity contribution >= 4 is 27.5 Å². The Labute approximate surface area is 104 Å². The third-order valence-corrected chi connectivity index (χ3v) is 3.98. The highest BCUT2D eigenvalue weighted by Crippen LogP contribution is 2.44. The van der Waals surface area contributed by atoms with E-state index in [0.717, 1.165) is 36.8 Å². The van der Waals surface area contributed by atoms with Crippen molar-refractivity contribution in [1.82, 2.24) is 0 Å². The van der Waals surface area contributed by atoms with Gasteiger partial charge >= 0.3 is 0 Å². The van der Waals surface area contributed by atoms with Gasteiger partial charge in [-0.15, -0.1) is 0 Å². The summed E-state index contributed by atoms with van der Waals surface area (Å²) in [7, 11) is 0. The normalized spacial score (nSPS) is 22.4. The number of nitrogens with zero attached hydrogens (tertiary/aromatic N) is 1. The second-order valence-corrected chi connectivity index (χ2v) is 5.27. The third-order valence-electron chi connectivity index (χ3n) is 3.62. The Morgan fingerprint density at radius 2 is 2.31 bits per heavy atom. The van der Waals surface area contributed by atoms with Crippen molar-refractivity contribution in [3.63, 3.8) is 0 Å². The molecule has 1 atom stereocenters. The standard InChI is InChI=1S/C13H14BrNO/c14-7-8-15-11-6-2-4-9-3-1-5-10(12(9)11)13(15)16/h2,4,6,10H,1,3,5,7-8H2. The number of anilines is 1. The van der Waals surface area contributed by atoms with E-state index < -0.39 is 0 Å². The van der Waals surface area contributed by atoms with Gasteiger partial charge in [-0.2, -0.15) is 0 Å². The zero-order chi connectivity index (χ0) is 11.1. The number of carbonyl (C=O) groups is 1. The number of aryl methyl sites for hydroxylation is 1. The van der Waals surface area contributed by atoms with Crippen LogP contribution in [0.2, 0.25) is 0 Å². The van der Waals surface area contributed by atoms with Crippen molar-refractivity contribution in [3.05, 3.63) is 29.3 Å². The van der Waals surface area contributed by atoms with Gasteiger partial charge in [-0.1, -0.05) is 28.1 Å². The van der Waals surface area contributed by atoms with E-state index in [1.165, 1.54) is 11.1 Å². The molecule has 3 heteroatoms. The molecule has 3 rings (SSSR count). The van der Waals surface area contributed by atoms with E-state index in [1.54, 1.807) is 0 Å². The lowest BCUT2D eigenvalue weighted by Gasteiger charge is -2.18. The zero-order valence-electron chi connectivity index (χ0n) is 9.08. The molecule has 1 heterocycles. The number of hydrogen-bond acceptors (Lipinski definition) is 1. The van der Waals surface area contributed by atoms with Crippen LogP contribution in [-0.4, -0.2) is 17.8 Å². The van der Waals surface area contributed by atoms with Gasteiger partial charge in [-0.05, 0) is 36.5 Å². The Balaban J connectivity index is 2.12. The molecule has 0 spiro atoms. The maximum Gasteiger partial charge on any atom is 0.234 e. The molecule has 0 aromatic heterocycles. The lowest BCUT2D eigenvalue weighted by Crippen LogP contribution is -2.30. The van der Waals surface area contributed by atoms with Crippen molar-refractivity contribution in [1.29, 1.82) is 0 Å². The summed E-state index contributed by atoms with van der Waals surface area (Å²) in [5, 5.41) is 0.842. The minimum Gasteiger partial charge on any atom is -0.311 e. The Morgan fingerprint density at radius 1 is 1.44 bits per heavy atom. The van der Waals surface area contributed by atoms with Crippen LogP contribution in [0, 0.1) is 0 Å². The fraction of sp³-hybridized carbons (Fsp3) is 0.462. The maximum atomic E-state index is 12.3. The summed E-state index contributed by atoms with van der Waals surface area (Å²) >= 11 is 3.42. The molecule has 16 heavy (non-hydrogen) atoms. The van der Waals surface area contributed by atoms with Crippen LogP contribution >= 0.6 is 15.9 Å². The van der Waals surface area contributed by atoms with Gasteiger partial charge < -0.3 is 4.90 Å². The molecule has 0 fully saturated rings. The Hall–Kier alpha value is -0.830. The molecule has 84 valence electrons. The highest BCUT2D eigenvalue weighted by molar-refractivity contribution is 9.09. The number of rotatable bonds is 2. The van der Waals surface area contributed by atoms with Gasteiger partial charge in [0.1, 0.15) is 0 Å². The van der Waals surface area contributed by atoms with Crippen LogP contribution in [0.4, 0.5) is 5.69 Å². The predicted octanol–water partition coefficient (Wildman–Crippen LogP) is 2.85.